The fraction of sp³-hybridized carbons (Fsp3) is 0.533. The summed E-state index contributed by atoms with van der Waals surface area (Å²) in [7, 11) is 4.07. The Hall–Kier alpha value is -1.55. The molecule has 4 heteroatoms. The van der Waals surface area contributed by atoms with E-state index in [1.165, 1.54) is 36.1 Å². The molecule has 0 saturated heterocycles. The van der Waals surface area contributed by atoms with Crippen molar-refractivity contribution in [2.45, 2.75) is 38.8 Å². The Morgan fingerprint density at radius 1 is 1.42 bits per heavy atom. The van der Waals surface area contributed by atoms with Gasteiger partial charge in [-0.2, -0.15) is 5.10 Å². The van der Waals surface area contributed by atoms with Gasteiger partial charge in [0.15, 0.2) is 0 Å². The van der Waals surface area contributed by atoms with Gasteiger partial charge in [-0.3, -0.25) is 4.68 Å². The number of hydrogen-bond acceptors (Lipinski definition) is 2. The second-order valence-electron chi connectivity index (χ2n) is 5.55. The van der Waals surface area contributed by atoms with Crippen LogP contribution in [0.5, 0.6) is 0 Å². The summed E-state index contributed by atoms with van der Waals surface area (Å²) in [6.45, 7) is 2.95. The number of nitrogens with zero attached hydrogens (tertiary/aromatic N) is 3. The fourth-order valence-corrected chi connectivity index (χ4v) is 3.14. The first-order chi connectivity index (χ1) is 9.17. The fourth-order valence-electron chi connectivity index (χ4n) is 3.14. The minimum atomic E-state index is 0.526. The van der Waals surface area contributed by atoms with Crippen LogP contribution in [0.4, 0.5) is 0 Å². The van der Waals surface area contributed by atoms with Crippen molar-refractivity contribution in [2.24, 2.45) is 7.05 Å². The Balaban J connectivity index is 1.87. The molecule has 1 atom stereocenters. The number of aryl methyl sites for hydroxylation is 3. The van der Waals surface area contributed by atoms with Gasteiger partial charge in [0, 0.05) is 25.5 Å². The first kappa shape index (κ1) is 12.5. The second kappa shape index (κ2) is 4.85. The predicted octanol–water partition coefficient (Wildman–Crippen LogP) is 2.18. The van der Waals surface area contributed by atoms with Crippen molar-refractivity contribution in [2.75, 3.05) is 7.05 Å². The van der Waals surface area contributed by atoms with Gasteiger partial charge >= 0.3 is 0 Å². The van der Waals surface area contributed by atoms with E-state index in [1.54, 1.807) is 0 Å². The molecule has 2 heterocycles. The SMILES string of the molecule is CNC1CCCc2cn(Cc3cc(C)nn3C)cc21. The summed E-state index contributed by atoms with van der Waals surface area (Å²) in [6, 6.07) is 2.69. The number of fused-ring (bicyclic) bond motifs is 1. The predicted molar refractivity (Wildman–Crippen MR) is 76.2 cm³/mol. The van der Waals surface area contributed by atoms with Crippen LogP contribution in [0.25, 0.3) is 0 Å². The Morgan fingerprint density at radius 2 is 2.26 bits per heavy atom. The van der Waals surface area contributed by atoms with E-state index < -0.39 is 0 Å². The first-order valence-corrected chi connectivity index (χ1v) is 7.02. The summed E-state index contributed by atoms with van der Waals surface area (Å²) < 4.78 is 4.28. The molecule has 2 aromatic heterocycles. The molecule has 0 bridgehead atoms. The van der Waals surface area contributed by atoms with Crippen molar-refractivity contribution in [1.82, 2.24) is 19.7 Å². The van der Waals surface area contributed by atoms with Crippen LogP contribution in [0.15, 0.2) is 18.5 Å². The minimum absolute atomic E-state index is 0.526. The lowest BCUT2D eigenvalue weighted by Gasteiger charge is -2.21. The van der Waals surface area contributed by atoms with Gasteiger partial charge in [-0.15, -0.1) is 0 Å². The highest BCUT2D eigenvalue weighted by Gasteiger charge is 2.20. The quantitative estimate of drug-likeness (QED) is 0.915. The molecule has 4 nitrogen and oxygen atoms in total. The van der Waals surface area contributed by atoms with E-state index in [2.05, 4.69) is 40.5 Å². The van der Waals surface area contributed by atoms with E-state index in [0.717, 1.165) is 12.2 Å². The van der Waals surface area contributed by atoms with Crippen molar-refractivity contribution in [3.8, 4) is 0 Å². The second-order valence-corrected chi connectivity index (χ2v) is 5.55. The molecule has 0 aliphatic heterocycles. The van der Waals surface area contributed by atoms with E-state index in [0.29, 0.717) is 6.04 Å². The number of aromatic nitrogens is 3. The van der Waals surface area contributed by atoms with Crippen molar-refractivity contribution < 1.29 is 0 Å². The van der Waals surface area contributed by atoms with Gasteiger partial charge in [-0.25, -0.2) is 0 Å². The Kier molecular flexibility index (Phi) is 3.19. The van der Waals surface area contributed by atoms with Gasteiger partial charge in [-0.1, -0.05) is 0 Å². The summed E-state index contributed by atoms with van der Waals surface area (Å²) in [4.78, 5) is 0. The number of rotatable bonds is 3. The topological polar surface area (TPSA) is 34.8 Å². The maximum Gasteiger partial charge on any atom is 0.0639 e. The van der Waals surface area contributed by atoms with Gasteiger partial charge < -0.3 is 9.88 Å². The number of nitrogens with one attached hydrogen (secondary N) is 1. The van der Waals surface area contributed by atoms with Crippen LogP contribution in [0.3, 0.4) is 0 Å². The molecule has 0 radical (unpaired) electrons. The maximum absolute atomic E-state index is 4.41. The maximum atomic E-state index is 4.41. The lowest BCUT2D eigenvalue weighted by Crippen LogP contribution is -2.20. The lowest BCUT2D eigenvalue weighted by atomic mass is 9.91. The number of hydrogen-bond donors (Lipinski definition) is 1. The summed E-state index contributed by atoms with van der Waals surface area (Å²) in [6.07, 6.45) is 8.36. The Morgan fingerprint density at radius 3 is 2.95 bits per heavy atom. The van der Waals surface area contributed by atoms with Gasteiger partial charge in [0.1, 0.15) is 0 Å². The molecule has 2 aromatic rings. The molecule has 1 aliphatic carbocycles. The Labute approximate surface area is 114 Å². The van der Waals surface area contributed by atoms with Crippen LogP contribution in [0, 0.1) is 6.92 Å². The molecule has 0 saturated carbocycles. The molecular weight excluding hydrogens is 236 g/mol. The third-order valence-electron chi connectivity index (χ3n) is 4.10. The van der Waals surface area contributed by atoms with Gasteiger partial charge in [0.2, 0.25) is 0 Å². The zero-order chi connectivity index (χ0) is 13.4. The van der Waals surface area contributed by atoms with Gasteiger partial charge in [0.25, 0.3) is 0 Å². The summed E-state index contributed by atoms with van der Waals surface area (Å²) in [5, 5.41) is 7.83. The van der Waals surface area contributed by atoms with Crippen LogP contribution in [0.1, 0.15) is 41.4 Å². The van der Waals surface area contributed by atoms with Crippen molar-refractivity contribution in [3.63, 3.8) is 0 Å². The largest absolute Gasteiger partial charge is 0.348 e. The van der Waals surface area contributed by atoms with E-state index in [4.69, 9.17) is 0 Å². The highest BCUT2D eigenvalue weighted by atomic mass is 15.3. The van der Waals surface area contributed by atoms with E-state index in [1.807, 2.05) is 18.7 Å². The zero-order valence-corrected chi connectivity index (χ0v) is 12.0. The third kappa shape index (κ3) is 2.32. The van der Waals surface area contributed by atoms with Gasteiger partial charge in [-0.05, 0) is 50.4 Å². The monoisotopic (exact) mass is 258 g/mol. The average molecular weight is 258 g/mol. The molecular formula is C15H22N4. The molecule has 0 spiro atoms. The van der Waals surface area contributed by atoms with Crippen LogP contribution < -0.4 is 5.32 Å². The van der Waals surface area contributed by atoms with E-state index in [9.17, 15) is 0 Å². The summed E-state index contributed by atoms with van der Waals surface area (Å²) in [5.74, 6) is 0. The highest BCUT2D eigenvalue weighted by Crippen LogP contribution is 2.30. The highest BCUT2D eigenvalue weighted by molar-refractivity contribution is 5.30. The van der Waals surface area contributed by atoms with Crippen LogP contribution in [-0.2, 0) is 20.0 Å². The van der Waals surface area contributed by atoms with Crippen LogP contribution >= 0.6 is 0 Å². The van der Waals surface area contributed by atoms with E-state index >= 15 is 0 Å². The zero-order valence-electron chi connectivity index (χ0n) is 12.0. The molecule has 3 rings (SSSR count). The van der Waals surface area contributed by atoms with Gasteiger partial charge in [0.05, 0.1) is 17.9 Å². The van der Waals surface area contributed by atoms with Crippen LogP contribution in [-0.4, -0.2) is 21.4 Å². The molecule has 102 valence electrons. The molecule has 1 N–H and O–H groups in total. The molecule has 1 aliphatic rings. The average Bonchev–Trinajstić information content (AvgIpc) is 2.92. The normalized spacial score (nSPS) is 18.6. The van der Waals surface area contributed by atoms with E-state index in [-0.39, 0.29) is 0 Å². The summed E-state index contributed by atoms with van der Waals surface area (Å²) in [5.41, 5.74) is 5.32. The molecule has 0 fully saturated rings. The standard InChI is InChI=1S/C15H22N4/c1-11-7-13(18(3)17-11)9-19-8-12-5-4-6-15(16-2)14(12)10-19/h7-8,10,15-16H,4-6,9H2,1-3H3. The smallest absolute Gasteiger partial charge is 0.0639 e. The minimum Gasteiger partial charge on any atom is -0.348 e. The van der Waals surface area contributed by atoms with Crippen molar-refractivity contribution in [1.29, 1.82) is 0 Å². The lowest BCUT2D eigenvalue weighted by molar-refractivity contribution is 0.498. The summed E-state index contributed by atoms with van der Waals surface area (Å²) >= 11 is 0. The molecule has 1 unspecified atom stereocenters. The molecule has 0 aromatic carbocycles. The first-order valence-electron chi connectivity index (χ1n) is 7.02. The third-order valence-corrected chi connectivity index (χ3v) is 4.10. The molecule has 19 heavy (non-hydrogen) atoms. The van der Waals surface area contributed by atoms with Crippen LogP contribution in [0.2, 0.25) is 0 Å². The van der Waals surface area contributed by atoms with Crippen molar-refractivity contribution >= 4 is 0 Å². The molecule has 0 amide bonds. The Bertz CT molecular complexity index is 579. The van der Waals surface area contributed by atoms with Crippen molar-refractivity contribution in [3.05, 3.63) is 41.0 Å².